The Morgan fingerprint density at radius 2 is 2.33 bits per heavy atom. The second-order valence-electron chi connectivity index (χ2n) is 5.47. The van der Waals surface area contributed by atoms with E-state index in [2.05, 4.69) is 34.4 Å². The van der Waals surface area contributed by atoms with Crippen molar-refractivity contribution >= 4 is 5.82 Å². The summed E-state index contributed by atoms with van der Waals surface area (Å²) in [6, 6.07) is 0. The van der Waals surface area contributed by atoms with Crippen LogP contribution in [0.3, 0.4) is 0 Å². The molecule has 1 aromatic heterocycles. The number of aromatic nitrogens is 2. The maximum absolute atomic E-state index is 4.54. The number of nitrogens with zero attached hydrogens (tertiary/aromatic N) is 2. The van der Waals surface area contributed by atoms with Crippen LogP contribution in [0.5, 0.6) is 0 Å². The van der Waals surface area contributed by atoms with Gasteiger partial charge < -0.3 is 10.6 Å². The predicted octanol–water partition coefficient (Wildman–Crippen LogP) is 2.32. The molecule has 100 valence electrons. The molecule has 1 aromatic rings. The van der Waals surface area contributed by atoms with Crippen LogP contribution in [0.2, 0.25) is 0 Å². The van der Waals surface area contributed by atoms with Crippen molar-refractivity contribution in [2.75, 3.05) is 25.0 Å². The third-order valence-electron chi connectivity index (χ3n) is 3.52. The van der Waals surface area contributed by atoms with Crippen molar-refractivity contribution in [3.63, 3.8) is 0 Å². The lowest BCUT2D eigenvalue weighted by Gasteiger charge is -2.24. The van der Waals surface area contributed by atoms with Gasteiger partial charge in [0.2, 0.25) is 0 Å². The molecule has 4 heteroatoms. The molecule has 1 atom stereocenters. The van der Waals surface area contributed by atoms with Crippen LogP contribution in [0.1, 0.15) is 44.0 Å². The fourth-order valence-corrected chi connectivity index (χ4v) is 2.38. The van der Waals surface area contributed by atoms with Gasteiger partial charge in [0.1, 0.15) is 11.6 Å². The highest BCUT2D eigenvalue weighted by molar-refractivity contribution is 5.44. The molecule has 0 radical (unpaired) electrons. The quantitative estimate of drug-likeness (QED) is 0.858. The Labute approximate surface area is 110 Å². The second-order valence-corrected chi connectivity index (χ2v) is 5.47. The highest BCUT2D eigenvalue weighted by Crippen LogP contribution is 2.22. The molecule has 2 heterocycles. The van der Waals surface area contributed by atoms with Crippen molar-refractivity contribution in [3.05, 3.63) is 17.6 Å². The number of anilines is 1. The summed E-state index contributed by atoms with van der Waals surface area (Å²) in [6.45, 7) is 9.60. The minimum absolute atomic E-state index is 0.456. The molecule has 0 aromatic carbocycles. The van der Waals surface area contributed by atoms with Crippen molar-refractivity contribution in [1.29, 1.82) is 0 Å². The fraction of sp³-hybridized carbons (Fsp3) is 0.714. The summed E-state index contributed by atoms with van der Waals surface area (Å²) in [5, 5.41) is 6.96. The molecule has 1 fully saturated rings. The van der Waals surface area contributed by atoms with E-state index in [1.807, 2.05) is 13.1 Å². The van der Waals surface area contributed by atoms with Gasteiger partial charge in [-0.05, 0) is 44.7 Å². The van der Waals surface area contributed by atoms with Crippen molar-refractivity contribution < 1.29 is 0 Å². The predicted molar refractivity (Wildman–Crippen MR) is 74.9 cm³/mol. The van der Waals surface area contributed by atoms with E-state index in [4.69, 9.17) is 0 Å². The van der Waals surface area contributed by atoms with Crippen LogP contribution in [-0.2, 0) is 0 Å². The van der Waals surface area contributed by atoms with Gasteiger partial charge in [-0.25, -0.2) is 9.97 Å². The van der Waals surface area contributed by atoms with Gasteiger partial charge in [-0.1, -0.05) is 13.8 Å². The highest BCUT2D eigenvalue weighted by atomic mass is 15.0. The summed E-state index contributed by atoms with van der Waals surface area (Å²) in [7, 11) is 0. The molecule has 1 aliphatic rings. The number of piperidine rings is 1. The van der Waals surface area contributed by atoms with Gasteiger partial charge >= 0.3 is 0 Å². The van der Waals surface area contributed by atoms with Crippen molar-refractivity contribution in [1.82, 2.24) is 15.3 Å². The van der Waals surface area contributed by atoms with Gasteiger partial charge in [0.15, 0.2) is 0 Å². The van der Waals surface area contributed by atoms with E-state index in [0.29, 0.717) is 11.8 Å². The third-order valence-corrected chi connectivity index (χ3v) is 3.52. The lowest BCUT2D eigenvalue weighted by Crippen LogP contribution is -2.33. The lowest BCUT2D eigenvalue weighted by atomic mass is 9.99. The van der Waals surface area contributed by atoms with E-state index in [1.165, 1.54) is 24.9 Å². The van der Waals surface area contributed by atoms with Crippen LogP contribution in [0, 0.1) is 12.8 Å². The Morgan fingerprint density at radius 1 is 1.50 bits per heavy atom. The van der Waals surface area contributed by atoms with Crippen LogP contribution < -0.4 is 10.6 Å². The SMILES string of the molecule is Cc1ncc(C(C)C)c(NCC2CCCNC2)n1. The molecule has 2 N–H and O–H groups in total. The first kappa shape index (κ1) is 13.3. The van der Waals surface area contributed by atoms with Crippen molar-refractivity contribution in [3.8, 4) is 0 Å². The molecule has 0 amide bonds. The Balaban J connectivity index is 2.00. The Bertz CT molecular complexity index is 383. The third kappa shape index (κ3) is 3.42. The summed E-state index contributed by atoms with van der Waals surface area (Å²) >= 11 is 0. The van der Waals surface area contributed by atoms with E-state index in [9.17, 15) is 0 Å². The summed E-state index contributed by atoms with van der Waals surface area (Å²) < 4.78 is 0. The standard InChI is InChI=1S/C14H24N4/c1-10(2)13-9-16-11(3)18-14(13)17-8-12-5-4-6-15-7-12/h9-10,12,15H,4-8H2,1-3H3,(H,16,17,18). The van der Waals surface area contributed by atoms with Gasteiger partial charge in [0.05, 0.1) is 0 Å². The Kier molecular flexibility index (Phi) is 4.53. The fourth-order valence-electron chi connectivity index (χ4n) is 2.38. The van der Waals surface area contributed by atoms with Gasteiger partial charge in [0.25, 0.3) is 0 Å². The maximum atomic E-state index is 4.54. The highest BCUT2D eigenvalue weighted by Gasteiger charge is 2.14. The number of aryl methyl sites for hydroxylation is 1. The molecule has 0 spiro atoms. The topological polar surface area (TPSA) is 49.8 Å². The number of hydrogen-bond donors (Lipinski definition) is 2. The van der Waals surface area contributed by atoms with Crippen LogP contribution in [0.25, 0.3) is 0 Å². The number of hydrogen-bond acceptors (Lipinski definition) is 4. The zero-order valence-corrected chi connectivity index (χ0v) is 11.7. The molecule has 0 bridgehead atoms. The van der Waals surface area contributed by atoms with Crippen LogP contribution in [0.4, 0.5) is 5.82 Å². The van der Waals surface area contributed by atoms with E-state index < -0.39 is 0 Å². The molecule has 1 aliphatic heterocycles. The van der Waals surface area contributed by atoms with Gasteiger partial charge in [-0.3, -0.25) is 0 Å². The molecule has 0 aliphatic carbocycles. The summed E-state index contributed by atoms with van der Waals surface area (Å²) in [6.07, 6.45) is 4.54. The zero-order valence-electron chi connectivity index (χ0n) is 11.7. The first-order chi connectivity index (χ1) is 8.66. The van der Waals surface area contributed by atoms with Gasteiger partial charge in [-0.15, -0.1) is 0 Å². The van der Waals surface area contributed by atoms with Crippen molar-refractivity contribution in [2.45, 2.75) is 39.5 Å². The van der Waals surface area contributed by atoms with E-state index in [-0.39, 0.29) is 0 Å². The summed E-state index contributed by atoms with van der Waals surface area (Å²) in [5.41, 5.74) is 1.21. The normalized spacial score (nSPS) is 20.1. The maximum Gasteiger partial charge on any atom is 0.133 e. The Morgan fingerprint density at radius 3 is 3.00 bits per heavy atom. The number of nitrogens with one attached hydrogen (secondary N) is 2. The Hall–Kier alpha value is -1.16. The summed E-state index contributed by atoms with van der Waals surface area (Å²) in [5.74, 6) is 3.03. The average molecular weight is 248 g/mol. The minimum Gasteiger partial charge on any atom is -0.369 e. The second kappa shape index (κ2) is 6.14. The summed E-state index contributed by atoms with van der Waals surface area (Å²) in [4.78, 5) is 8.83. The first-order valence-electron chi connectivity index (χ1n) is 6.95. The molecular weight excluding hydrogens is 224 g/mol. The monoisotopic (exact) mass is 248 g/mol. The molecule has 4 nitrogen and oxygen atoms in total. The van der Waals surface area contributed by atoms with E-state index in [0.717, 1.165) is 24.7 Å². The molecule has 0 saturated carbocycles. The van der Waals surface area contributed by atoms with Crippen LogP contribution in [-0.4, -0.2) is 29.6 Å². The van der Waals surface area contributed by atoms with E-state index in [1.54, 1.807) is 0 Å². The molecular formula is C14H24N4. The average Bonchev–Trinajstić information content (AvgIpc) is 2.37. The minimum atomic E-state index is 0.456. The van der Waals surface area contributed by atoms with Gasteiger partial charge in [-0.2, -0.15) is 0 Å². The van der Waals surface area contributed by atoms with Crippen LogP contribution >= 0.6 is 0 Å². The van der Waals surface area contributed by atoms with Gasteiger partial charge in [0, 0.05) is 18.3 Å². The lowest BCUT2D eigenvalue weighted by molar-refractivity contribution is 0.392. The van der Waals surface area contributed by atoms with Crippen molar-refractivity contribution in [2.24, 2.45) is 5.92 Å². The largest absolute Gasteiger partial charge is 0.369 e. The first-order valence-corrected chi connectivity index (χ1v) is 6.95. The molecule has 1 saturated heterocycles. The van der Waals surface area contributed by atoms with Crippen LogP contribution in [0.15, 0.2) is 6.20 Å². The zero-order chi connectivity index (χ0) is 13.0. The number of rotatable bonds is 4. The molecule has 18 heavy (non-hydrogen) atoms. The molecule has 2 rings (SSSR count). The van der Waals surface area contributed by atoms with E-state index >= 15 is 0 Å². The smallest absolute Gasteiger partial charge is 0.133 e. The molecule has 1 unspecified atom stereocenters.